The van der Waals surface area contributed by atoms with Gasteiger partial charge in [-0.3, -0.25) is 10.3 Å². The molecule has 0 fully saturated rings. The number of hydrogen-bond acceptors (Lipinski definition) is 3. The largest absolute Gasteiger partial charge is 0.379 e. The monoisotopic (exact) mass is 172 g/mol. The summed E-state index contributed by atoms with van der Waals surface area (Å²) in [6, 6.07) is -0.191. The molecule has 3 N–H and O–H groups in total. The van der Waals surface area contributed by atoms with E-state index in [1.165, 1.54) is 12.7 Å². The first-order valence-electron chi connectivity index (χ1n) is 3.78. The molecule has 0 bridgehead atoms. The van der Waals surface area contributed by atoms with Gasteiger partial charge in [-0.2, -0.15) is 0 Å². The van der Waals surface area contributed by atoms with Gasteiger partial charge in [0, 0.05) is 7.05 Å². The molecule has 0 aliphatic rings. The molecule has 5 nitrogen and oxygen atoms in total. The van der Waals surface area contributed by atoms with Gasteiger partial charge in [0.2, 0.25) is 0 Å². The Morgan fingerprint density at radius 2 is 2.08 bits per heavy atom. The molecule has 2 unspecified atom stereocenters. The van der Waals surface area contributed by atoms with E-state index in [0.29, 0.717) is 0 Å². The predicted molar refractivity (Wildman–Crippen MR) is 50.6 cm³/mol. The van der Waals surface area contributed by atoms with Gasteiger partial charge in [-0.25, -0.2) is 4.99 Å². The van der Waals surface area contributed by atoms with Crippen LogP contribution < -0.4 is 10.6 Å². The van der Waals surface area contributed by atoms with Crippen LogP contribution in [0.25, 0.3) is 0 Å². The number of aliphatic hydroxyl groups excluding tert-OH is 1. The van der Waals surface area contributed by atoms with Crippen LogP contribution in [0.1, 0.15) is 6.92 Å². The third-order valence-corrected chi connectivity index (χ3v) is 1.32. The van der Waals surface area contributed by atoms with E-state index in [0.717, 1.165) is 0 Å². The van der Waals surface area contributed by atoms with Crippen molar-refractivity contribution in [2.45, 2.75) is 19.2 Å². The van der Waals surface area contributed by atoms with Crippen LogP contribution in [0.4, 0.5) is 0 Å². The smallest absolute Gasteiger partial charge is 0.127 e. The summed E-state index contributed by atoms with van der Waals surface area (Å²) in [5.74, 6) is 0. The van der Waals surface area contributed by atoms with Crippen molar-refractivity contribution in [3.63, 3.8) is 0 Å². The number of rotatable bonds is 5. The average molecular weight is 172 g/mol. The van der Waals surface area contributed by atoms with Gasteiger partial charge in [-0.05, 0) is 14.0 Å². The molecule has 0 aromatic carbocycles. The standard InChI is InChI=1S/C7H16N4O/c1-6(7(12)9-3)11-5-10-4-8-2/h4-7,9,12H,1-3H3,(H,8,10,11). The number of aliphatic hydroxyl groups is 1. The first-order chi connectivity index (χ1) is 5.72. The van der Waals surface area contributed by atoms with Gasteiger partial charge >= 0.3 is 0 Å². The van der Waals surface area contributed by atoms with Gasteiger partial charge < -0.3 is 10.4 Å². The van der Waals surface area contributed by atoms with E-state index in [2.05, 4.69) is 20.6 Å². The molecule has 2 atom stereocenters. The molecule has 0 spiro atoms. The molecule has 0 rings (SSSR count). The van der Waals surface area contributed by atoms with Crippen LogP contribution >= 0.6 is 0 Å². The van der Waals surface area contributed by atoms with Crippen molar-refractivity contribution in [1.82, 2.24) is 10.6 Å². The molecule has 12 heavy (non-hydrogen) atoms. The minimum absolute atomic E-state index is 0.191. The fraction of sp³-hybridized carbons (Fsp3) is 0.714. The Hall–Kier alpha value is -0.940. The summed E-state index contributed by atoms with van der Waals surface area (Å²) in [4.78, 5) is 7.74. The summed E-state index contributed by atoms with van der Waals surface area (Å²) in [7, 11) is 3.43. The van der Waals surface area contributed by atoms with Crippen molar-refractivity contribution < 1.29 is 5.11 Å². The molecule has 0 aliphatic heterocycles. The maximum atomic E-state index is 9.19. The first-order valence-corrected chi connectivity index (χ1v) is 3.78. The van der Waals surface area contributed by atoms with E-state index < -0.39 is 6.23 Å². The maximum Gasteiger partial charge on any atom is 0.127 e. The fourth-order valence-electron chi connectivity index (χ4n) is 0.574. The highest BCUT2D eigenvalue weighted by molar-refractivity contribution is 5.70. The zero-order chi connectivity index (χ0) is 9.40. The number of nitrogens with one attached hydrogen (secondary N) is 2. The summed E-state index contributed by atoms with van der Waals surface area (Å²) < 4.78 is 0. The van der Waals surface area contributed by atoms with Gasteiger partial charge in [-0.1, -0.05) is 0 Å². The number of nitrogens with zero attached hydrogens (tertiary/aromatic N) is 2. The second kappa shape index (κ2) is 6.75. The Morgan fingerprint density at radius 3 is 2.58 bits per heavy atom. The lowest BCUT2D eigenvalue weighted by molar-refractivity contribution is 0.125. The topological polar surface area (TPSA) is 69.0 Å². The Labute approximate surface area is 72.6 Å². The molecular formula is C7H16N4O. The van der Waals surface area contributed by atoms with Gasteiger partial charge in [0.25, 0.3) is 0 Å². The lowest BCUT2D eigenvalue weighted by Gasteiger charge is -2.12. The molecule has 0 radical (unpaired) electrons. The molecule has 0 aromatic heterocycles. The summed E-state index contributed by atoms with van der Waals surface area (Å²) in [5, 5.41) is 14.6. The van der Waals surface area contributed by atoms with Crippen LogP contribution in [-0.4, -0.2) is 44.1 Å². The van der Waals surface area contributed by atoms with Crippen molar-refractivity contribution in [2.75, 3.05) is 14.1 Å². The molecule has 0 aromatic rings. The Kier molecular flexibility index (Phi) is 6.22. The zero-order valence-corrected chi connectivity index (χ0v) is 7.65. The van der Waals surface area contributed by atoms with Crippen LogP contribution in [0.5, 0.6) is 0 Å². The molecule has 5 heteroatoms. The number of likely N-dealkylation sites (N-methyl/N-ethyl adjacent to an activating group) is 1. The Morgan fingerprint density at radius 1 is 1.42 bits per heavy atom. The summed E-state index contributed by atoms with van der Waals surface area (Å²) >= 11 is 0. The molecule has 0 heterocycles. The summed E-state index contributed by atoms with van der Waals surface area (Å²) in [5.41, 5.74) is 0. The van der Waals surface area contributed by atoms with Crippen LogP contribution in [0.15, 0.2) is 9.98 Å². The summed E-state index contributed by atoms with van der Waals surface area (Å²) in [6.45, 7) is 1.80. The van der Waals surface area contributed by atoms with E-state index in [1.54, 1.807) is 21.0 Å². The van der Waals surface area contributed by atoms with Gasteiger partial charge in [0.15, 0.2) is 0 Å². The van der Waals surface area contributed by atoms with Crippen LogP contribution in [-0.2, 0) is 0 Å². The van der Waals surface area contributed by atoms with Crippen molar-refractivity contribution in [3.05, 3.63) is 0 Å². The number of hydrogen-bond donors (Lipinski definition) is 3. The Balaban J connectivity index is 3.74. The van der Waals surface area contributed by atoms with Gasteiger partial charge in [0.05, 0.1) is 12.4 Å². The highest BCUT2D eigenvalue weighted by atomic mass is 16.3. The van der Waals surface area contributed by atoms with Crippen molar-refractivity contribution in [2.24, 2.45) is 9.98 Å². The second-order valence-corrected chi connectivity index (χ2v) is 2.31. The quantitative estimate of drug-likeness (QED) is 0.288. The second-order valence-electron chi connectivity index (χ2n) is 2.31. The highest BCUT2D eigenvalue weighted by Gasteiger charge is 2.07. The van der Waals surface area contributed by atoms with E-state index in [1.807, 2.05) is 0 Å². The molecule has 0 saturated heterocycles. The number of aliphatic imine (C=N–C) groups is 2. The zero-order valence-electron chi connectivity index (χ0n) is 7.65. The molecule has 70 valence electrons. The van der Waals surface area contributed by atoms with Crippen molar-refractivity contribution in [1.29, 1.82) is 0 Å². The first kappa shape index (κ1) is 11.1. The predicted octanol–water partition coefficient (Wildman–Crippen LogP) is -0.811. The lowest BCUT2D eigenvalue weighted by Crippen LogP contribution is -2.34. The third kappa shape index (κ3) is 4.81. The van der Waals surface area contributed by atoms with E-state index in [4.69, 9.17) is 0 Å². The molecular weight excluding hydrogens is 156 g/mol. The van der Waals surface area contributed by atoms with Gasteiger partial charge in [0.1, 0.15) is 12.6 Å². The third-order valence-electron chi connectivity index (χ3n) is 1.32. The molecule has 0 aliphatic carbocycles. The fourth-order valence-corrected chi connectivity index (χ4v) is 0.574. The SMILES string of the molecule is CN/C=N/C=N\C(C)C(O)NC. The van der Waals surface area contributed by atoms with Crippen LogP contribution in [0.3, 0.4) is 0 Å². The van der Waals surface area contributed by atoms with Crippen molar-refractivity contribution in [3.8, 4) is 0 Å². The minimum Gasteiger partial charge on any atom is -0.379 e. The average Bonchev–Trinajstić information content (AvgIpc) is 2.10. The van der Waals surface area contributed by atoms with Crippen LogP contribution in [0.2, 0.25) is 0 Å². The highest BCUT2D eigenvalue weighted by Crippen LogP contribution is 1.92. The van der Waals surface area contributed by atoms with Crippen molar-refractivity contribution >= 4 is 12.7 Å². The maximum absolute atomic E-state index is 9.19. The molecule has 0 saturated carbocycles. The van der Waals surface area contributed by atoms with E-state index in [9.17, 15) is 5.11 Å². The van der Waals surface area contributed by atoms with E-state index >= 15 is 0 Å². The molecule has 0 amide bonds. The summed E-state index contributed by atoms with van der Waals surface area (Å²) in [6.07, 6.45) is 2.30. The minimum atomic E-state index is -0.619. The lowest BCUT2D eigenvalue weighted by atomic mass is 10.3. The normalized spacial score (nSPS) is 17.0. The van der Waals surface area contributed by atoms with E-state index in [-0.39, 0.29) is 6.04 Å². The van der Waals surface area contributed by atoms with Crippen LogP contribution in [0, 0.1) is 0 Å². The Bertz CT molecular complexity index is 157. The van der Waals surface area contributed by atoms with Gasteiger partial charge in [-0.15, -0.1) is 0 Å².